The monoisotopic (exact) mass is 722 g/mol. The van der Waals surface area contributed by atoms with E-state index in [4.69, 9.17) is 47.4 Å². The number of methoxy groups -OCH3 is 6. The number of carboxylic acid groups (broad SMARTS) is 2. The molecule has 0 aliphatic carbocycles. The Morgan fingerprint density at radius 1 is 0.538 bits per heavy atom. The average molecular weight is 723 g/mol. The fourth-order valence-electron chi connectivity index (χ4n) is 7.39. The largest absolute Gasteiger partial charge is 0.496 e. The normalized spacial score (nSPS) is 16.2. The maximum atomic E-state index is 13.1. The smallest absolute Gasteiger partial charge is 0.343 e. The summed E-state index contributed by atoms with van der Waals surface area (Å²) >= 11 is 0. The summed E-state index contributed by atoms with van der Waals surface area (Å²) < 4.78 is 58.8. The molecule has 2 N–H and O–H groups in total. The Hall–Kier alpha value is -5.02. The third-order valence-electron chi connectivity index (χ3n) is 9.55. The first-order chi connectivity index (χ1) is 24.9. The lowest BCUT2D eigenvalue weighted by Crippen LogP contribution is -2.28. The fraction of sp³-hybridized carbons (Fsp3) is 0.421. The maximum Gasteiger partial charge on any atom is 0.343 e. The fourth-order valence-corrected chi connectivity index (χ4v) is 7.39. The van der Waals surface area contributed by atoms with Crippen molar-refractivity contribution in [1.82, 2.24) is 0 Å². The molecule has 0 saturated carbocycles. The van der Waals surface area contributed by atoms with Gasteiger partial charge in [-0.1, -0.05) is 0 Å². The van der Waals surface area contributed by atoms with Crippen molar-refractivity contribution in [2.24, 2.45) is 0 Å². The molecule has 2 aliphatic rings. The summed E-state index contributed by atoms with van der Waals surface area (Å²) in [5.41, 5.74) is 1.17. The van der Waals surface area contributed by atoms with Crippen LogP contribution in [0.4, 0.5) is 0 Å². The predicted octanol–water partition coefficient (Wildman–Crippen LogP) is 5.72. The number of hydrogen-bond acceptors (Lipinski definition) is 12. The third kappa shape index (κ3) is 6.15. The topological polar surface area (TPSA) is 167 Å². The van der Waals surface area contributed by atoms with Crippen molar-refractivity contribution in [3.8, 4) is 45.6 Å². The lowest BCUT2D eigenvalue weighted by Gasteiger charge is -2.27. The molecule has 0 spiro atoms. The number of hydrogen-bond donors (Lipinski definition) is 2. The minimum absolute atomic E-state index is 0.00795. The molecule has 278 valence electrons. The number of ether oxygens (including phenoxy) is 10. The Morgan fingerprint density at radius 3 is 1.13 bits per heavy atom. The summed E-state index contributed by atoms with van der Waals surface area (Å²) in [5.74, 6) is -3.96. The van der Waals surface area contributed by atoms with E-state index in [9.17, 15) is 19.8 Å². The lowest BCUT2D eigenvalue weighted by molar-refractivity contribution is -0.140. The second-order valence-corrected chi connectivity index (χ2v) is 12.7. The molecule has 14 heteroatoms. The number of benzene rings is 4. The van der Waals surface area contributed by atoms with Crippen molar-refractivity contribution >= 4 is 33.5 Å². The zero-order valence-electron chi connectivity index (χ0n) is 30.3. The summed E-state index contributed by atoms with van der Waals surface area (Å²) in [4.78, 5) is 26.3. The standard InChI is InChI=1S/C38H42O14/c1-37(49-9-10-50-37)17-19-13-21-23(15-25(19)43-3)31(45-5)29(35(39)40)33(47-7)27(21)28-22-14-20(18-38(2)51-11-12-52-38)26(44-4)16-24(22)32(46-6)30(36(41)42)34(28)48-8/h13-16H,9-12,17-18H2,1-8H3,(H,39,40)(H,41,42). The van der Waals surface area contributed by atoms with Gasteiger partial charge in [0.25, 0.3) is 0 Å². The van der Waals surface area contributed by atoms with E-state index >= 15 is 0 Å². The van der Waals surface area contributed by atoms with Crippen molar-refractivity contribution in [3.05, 3.63) is 46.5 Å². The quantitative estimate of drug-likeness (QED) is 0.172. The Labute approximate surface area is 299 Å². The van der Waals surface area contributed by atoms with Crippen LogP contribution in [0.1, 0.15) is 45.7 Å². The van der Waals surface area contributed by atoms with Crippen LogP contribution in [-0.2, 0) is 31.8 Å². The number of aromatic carboxylic acids is 2. The Kier molecular flexibility index (Phi) is 10.0. The molecule has 0 aromatic heterocycles. The number of carbonyl (C=O) groups is 2. The van der Waals surface area contributed by atoms with Crippen molar-refractivity contribution in [3.63, 3.8) is 0 Å². The van der Waals surface area contributed by atoms with Crippen LogP contribution in [0.25, 0.3) is 32.7 Å². The van der Waals surface area contributed by atoms with Gasteiger partial charge in [0.2, 0.25) is 0 Å². The number of carboxylic acids is 2. The van der Waals surface area contributed by atoms with E-state index in [1.54, 1.807) is 12.1 Å². The van der Waals surface area contributed by atoms with Gasteiger partial charge in [0.15, 0.2) is 11.6 Å². The first-order valence-corrected chi connectivity index (χ1v) is 16.5. The van der Waals surface area contributed by atoms with Gasteiger partial charge in [-0.05, 0) is 48.9 Å². The molecule has 0 atom stereocenters. The van der Waals surface area contributed by atoms with Gasteiger partial charge in [-0.15, -0.1) is 0 Å². The van der Waals surface area contributed by atoms with E-state index < -0.39 is 23.5 Å². The first kappa shape index (κ1) is 36.8. The molecule has 2 saturated heterocycles. The predicted molar refractivity (Wildman–Crippen MR) is 188 cm³/mol. The molecule has 0 amide bonds. The average Bonchev–Trinajstić information content (AvgIpc) is 3.76. The van der Waals surface area contributed by atoms with Crippen LogP contribution >= 0.6 is 0 Å². The summed E-state index contributed by atoms with van der Waals surface area (Å²) in [6.45, 7) is 5.30. The van der Waals surface area contributed by atoms with Crippen LogP contribution in [0.2, 0.25) is 0 Å². The van der Waals surface area contributed by atoms with Crippen molar-refractivity contribution in [2.45, 2.75) is 38.3 Å². The van der Waals surface area contributed by atoms with Crippen LogP contribution in [0, 0.1) is 0 Å². The number of rotatable bonds is 13. The second kappa shape index (κ2) is 14.2. The van der Waals surface area contributed by atoms with Gasteiger partial charge in [0.05, 0.1) is 69.1 Å². The molecule has 14 nitrogen and oxygen atoms in total. The van der Waals surface area contributed by atoms with E-state index in [1.807, 2.05) is 26.0 Å². The molecule has 0 bridgehead atoms. The molecule has 0 unspecified atom stereocenters. The van der Waals surface area contributed by atoms with E-state index in [1.165, 1.54) is 42.7 Å². The highest BCUT2D eigenvalue weighted by Crippen LogP contribution is 2.55. The van der Waals surface area contributed by atoms with Crippen LogP contribution < -0.4 is 28.4 Å². The van der Waals surface area contributed by atoms with Crippen LogP contribution in [0.3, 0.4) is 0 Å². The molecule has 4 aromatic rings. The SMILES string of the molecule is COc1cc2c(OC)c(C(=O)O)c(OC)c(-c3c(OC)c(C(=O)O)c(OC)c4cc(OC)c(CC5(C)OCCO5)cc34)c2cc1CC1(C)OCCO1. The van der Waals surface area contributed by atoms with Crippen LogP contribution in [0.15, 0.2) is 24.3 Å². The first-order valence-electron chi connectivity index (χ1n) is 16.5. The van der Waals surface area contributed by atoms with Gasteiger partial charge in [0.1, 0.15) is 45.6 Å². The van der Waals surface area contributed by atoms with Crippen molar-refractivity contribution < 1.29 is 67.2 Å². The molecule has 4 aromatic carbocycles. The van der Waals surface area contributed by atoms with Gasteiger partial charge in [-0.3, -0.25) is 0 Å². The molecular weight excluding hydrogens is 680 g/mol. The van der Waals surface area contributed by atoms with Crippen LogP contribution in [-0.4, -0.2) is 103 Å². The molecule has 2 fully saturated rings. The van der Waals surface area contributed by atoms with E-state index in [0.717, 1.165) is 0 Å². The summed E-state index contributed by atoms with van der Waals surface area (Å²) in [6.07, 6.45) is 0.523. The third-order valence-corrected chi connectivity index (χ3v) is 9.55. The molecular formula is C38H42O14. The van der Waals surface area contributed by atoms with E-state index in [0.29, 0.717) is 70.6 Å². The van der Waals surface area contributed by atoms with E-state index in [2.05, 4.69) is 0 Å². The van der Waals surface area contributed by atoms with Gasteiger partial charge in [-0.2, -0.15) is 0 Å². The summed E-state index contributed by atoms with van der Waals surface area (Å²) in [6, 6.07) is 6.99. The highest BCUT2D eigenvalue weighted by Gasteiger charge is 2.37. The lowest BCUT2D eigenvalue weighted by atomic mass is 9.85. The van der Waals surface area contributed by atoms with Gasteiger partial charge < -0.3 is 57.6 Å². The molecule has 6 rings (SSSR count). The van der Waals surface area contributed by atoms with Gasteiger partial charge in [0, 0.05) is 45.9 Å². The van der Waals surface area contributed by atoms with Gasteiger partial charge in [-0.25, -0.2) is 9.59 Å². The maximum absolute atomic E-state index is 13.1. The molecule has 2 aliphatic heterocycles. The van der Waals surface area contributed by atoms with E-state index in [-0.39, 0.29) is 58.1 Å². The zero-order chi connectivity index (χ0) is 37.5. The minimum atomic E-state index is -1.35. The summed E-state index contributed by atoms with van der Waals surface area (Å²) in [7, 11) is 8.40. The Balaban J connectivity index is 1.85. The highest BCUT2D eigenvalue weighted by atomic mass is 16.7. The van der Waals surface area contributed by atoms with Crippen molar-refractivity contribution in [1.29, 1.82) is 0 Å². The van der Waals surface area contributed by atoms with Gasteiger partial charge >= 0.3 is 11.9 Å². The minimum Gasteiger partial charge on any atom is -0.496 e. The second-order valence-electron chi connectivity index (χ2n) is 12.7. The molecule has 2 heterocycles. The van der Waals surface area contributed by atoms with Crippen molar-refractivity contribution in [2.75, 3.05) is 69.1 Å². The molecule has 52 heavy (non-hydrogen) atoms. The highest BCUT2D eigenvalue weighted by molar-refractivity contribution is 6.19. The summed E-state index contributed by atoms with van der Waals surface area (Å²) in [5, 5.41) is 23.0. The molecule has 0 radical (unpaired) electrons. The zero-order valence-corrected chi connectivity index (χ0v) is 30.3. The number of fused-ring (bicyclic) bond motifs is 2. The van der Waals surface area contributed by atoms with Crippen LogP contribution in [0.5, 0.6) is 34.5 Å². The Bertz CT molecular complexity index is 1910. The Morgan fingerprint density at radius 2 is 0.865 bits per heavy atom.